The van der Waals surface area contributed by atoms with E-state index in [1.807, 2.05) is 25.1 Å². The molecule has 0 bridgehead atoms. The molecular formula is C10H16N4O. The van der Waals surface area contributed by atoms with E-state index >= 15 is 0 Å². The summed E-state index contributed by atoms with van der Waals surface area (Å²) >= 11 is 0. The summed E-state index contributed by atoms with van der Waals surface area (Å²) in [6.45, 7) is 0.351. The summed E-state index contributed by atoms with van der Waals surface area (Å²) in [7, 11) is 3.82. The lowest BCUT2D eigenvalue weighted by molar-refractivity contribution is -0.116. The summed E-state index contributed by atoms with van der Waals surface area (Å²) in [5, 5.41) is 2.77. The zero-order valence-electron chi connectivity index (χ0n) is 9.03. The second-order valence-corrected chi connectivity index (χ2v) is 3.37. The highest BCUT2D eigenvalue weighted by Gasteiger charge is 2.07. The summed E-state index contributed by atoms with van der Waals surface area (Å²) in [6.07, 6.45) is 3.64. The van der Waals surface area contributed by atoms with Crippen molar-refractivity contribution in [1.82, 2.24) is 4.98 Å². The van der Waals surface area contributed by atoms with Gasteiger partial charge in [-0.3, -0.25) is 9.78 Å². The van der Waals surface area contributed by atoms with E-state index in [1.54, 1.807) is 12.4 Å². The van der Waals surface area contributed by atoms with E-state index in [9.17, 15) is 4.79 Å². The molecule has 1 aromatic rings. The maximum atomic E-state index is 11.3. The first-order valence-corrected chi connectivity index (χ1v) is 4.76. The molecule has 0 aromatic carbocycles. The maximum Gasteiger partial charge on any atom is 0.225 e. The molecule has 0 atom stereocenters. The maximum absolute atomic E-state index is 11.3. The van der Waals surface area contributed by atoms with Crippen LogP contribution in [0.1, 0.15) is 6.42 Å². The van der Waals surface area contributed by atoms with Gasteiger partial charge in [-0.15, -0.1) is 0 Å². The summed E-state index contributed by atoms with van der Waals surface area (Å²) in [5.41, 5.74) is 6.93. The molecule has 0 saturated heterocycles. The molecule has 0 radical (unpaired) electrons. The predicted molar refractivity (Wildman–Crippen MR) is 60.9 cm³/mol. The summed E-state index contributed by atoms with van der Waals surface area (Å²) in [6, 6.07) is 1.85. The molecule has 0 aliphatic heterocycles. The summed E-state index contributed by atoms with van der Waals surface area (Å²) < 4.78 is 0. The topological polar surface area (TPSA) is 71.2 Å². The quantitative estimate of drug-likeness (QED) is 0.753. The van der Waals surface area contributed by atoms with Gasteiger partial charge >= 0.3 is 0 Å². The van der Waals surface area contributed by atoms with Gasteiger partial charge in [-0.05, 0) is 6.07 Å². The first-order chi connectivity index (χ1) is 7.15. The number of amides is 1. The predicted octanol–water partition coefficient (Wildman–Crippen LogP) is 0.435. The molecule has 1 rings (SSSR count). The van der Waals surface area contributed by atoms with Crippen molar-refractivity contribution in [1.29, 1.82) is 0 Å². The van der Waals surface area contributed by atoms with Crippen LogP contribution in [0.25, 0.3) is 0 Å². The molecule has 1 amide bonds. The number of aromatic nitrogens is 1. The number of nitrogens with one attached hydrogen (secondary N) is 1. The van der Waals surface area contributed by atoms with E-state index in [0.29, 0.717) is 18.7 Å². The third-order valence-electron chi connectivity index (χ3n) is 1.93. The first-order valence-electron chi connectivity index (χ1n) is 4.76. The number of carbonyl (C=O) groups is 1. The van der Waals surface area contributed by atoms with Gasteiger partial charge in [0.05, 0.1) is 17.6 Å². The van der Waals surface area contributed by atoms with Crippen molar-refractivity contribution >= 4 is 17.3 Å². The molecule has 0 spiro atoms. The molecule has 0 aliphatic rings. The third kappa shape index (κ3) is 3.21. The fourth-order valence-electron chi connectivity index (χ4n) is 1.22. The Hall–Kier alpha value is -1.62. The number of pyridine rings is 1. The molecule has 3 N–H and O–H groups in total. The lowest BCUT2D eigenvalue weighted by Gasteiger charge is -2.16. The number of hydrogen-bond donors (Lipinski definition) is 2. The van der Waals surface area contributed by atoms with Crippen LogP contribution in [0.15, 0.2) is 18.5 Å². The van der Waals surface area contributed by atoms with Crippen molar-refractivity contribution in [2.75, 3.05) is 30.9 Å². The number of rotatable bonds is 4. The van der Waals surface area contributed by atoms with Crippen LogP contribution in [0.2, 0.25) is 0 Å². The molecule has 15 heavy (non-hydrogen) atoms. The van der Waals surface area contributed by atoms with Gasteiger partial charge in [0, 0.05) is 33.3 Å². The zero-order valence-corrected chi connectivity index (χ0v) is 9.03. The fourth-order valence-corrected chi connectivity index (χ4v) is 1.22. The molecule has 0 fully saturated rings. The molecule has 0 unspecified atom stereocenters. The van der Waals surface area contributed by atoms with Crippen molar-refractivity contribution in [2.24, 2.45) is 5.73 Å². The van der Waals surface area contributed by atoms with Crippen LogP contribution in [0.5, 0.6) is 0 Å². The highest BCUT2D eigenvalue weighted by molar-refractivity contribution is 5.94. The van der Waals surface area contributed by atoms with Crippen molar-refractivity contribution < 1.29 is 4.79 Å². The van der Waals surface area contributed by atoms with Crippen molar-refractivity contribution in [3.8, 4) is 0 Å². The summed E-state index contributed by atoms with van der Waals surface area (Å²) in [4.78, 5) is 17.2. The minimum absolute atomic E-state index is 0.0893. The van der Waals surface area contributed by atoms with Gasteiger partial charge in [0.1, 0.15) is 0 Å². The Morgan fingerprint density at radius 1 is 1.60 bits per heavy atom. The van der Waals surface area contributed by atoms with Crippen molar-refractivity contribution in [3.05, 3.63) is 18.5 Å². The van der Waals surface area contributed by atoms with Gasteiger partial charge in [-0.1, -0.05) is 0 Å². The highest BCUT2D eigenvalue weighted by atomic mass is 16.1. The molecule has 0 saturated carbocycles. The molecule has 5 nitrogen and oxygen atoms in total. The Bertz CT molecular complexity index is 338. The van der Waals surface area contributed by atoms with Gasteiger partial charge in [-0.2, -0.15) is 0 Å². The molecule has 5 heteroatoms. The van der Waals surface area contributed by atoms with E-state index in [4.69, 9.17) is 5.73 Å². The second kappa shape index (κ2) is 5.31. The number of hydrogen-bond acceptors (Lipinski definition) is 4. The van der Waals surface area contributed by atoms with E-state index < -0.39 is 0 Å². The van der Waals surface area contributed by atoms with E-state index in [0.717, 1.165) is 5.69 Å². The van der Waals surface area contributed by atoms with Crippen LogP contribution < -0.4 is 16.0 Å². The third-order valence-corrected chi connectivity index (χ3v) is 1.93. The Balaban J connectivity index is 2.80. The van der Waals surface area contributed by atoms with Gasteiger partial charge in [0.2, 0.25) is 5.91 Å². The van der Waals surface area contributed by atoms with Gasteiger partial charge < -0.3 is 16.0 Å². The first kappa shape index (κ1) is 11.5. The lowest BCUT2D eigenvalue weighted by atomic mass is 10.3. The number of nitrogens with zero attached hydrogens (tertiary/aromatic N) is 2. The van der Waals surface area contributed by atoms with Crippen LogP contribution in [-0.4, -0.2) is 31.5 Å². The van der Waals surface area contributed by atoms with Gasteiger partial charge in [0.15, 0.2) is 0 Å². The number of carbonyl (C=O) groups excluding carboxylic acids is 1. The monoisotopic (exact) mass is 208 g/mol. The standard InChI is InChI=1S/C10H16N4O/c1-14(2)9-4-6-12-7-8(9)13-10(15)3-5-11/h4,6-7H,3,5,11H2,1-2H3,(H,13,15). The molecular weight excluding hydrogens is 192 g/mol. The molecule has 1 heterocycles. The minimum Gasteiger partial charge on any atom is -0.376 e. The average Bonchev–Trinajstić information content (AvgIpc) is 2.18. The zero-order chi connectivity index (χ0) is 11.3. The van der Waals surface area contributed by atoms with Crippen molar-refractivity contribution in [2.45, 2.75) is 6.42 Å². The fraction of sp³-hybridized carbons (Fsp3) is 0.400. The smallest absolute Gasteiger partial charge is 0.225 e. The van der Waals surface area contributed by atoms with Crippen LogP contribution >= 0.6 is 0 Å². The van der Waals surface area contributed by atoms with Crippen molar-refractivity contribution in [3.63, 3.8) is 0 Å². The SMILES string of the molecule is CN(C)c1ccncc1NC(=O)CCN. The molecule has 1 aromatic heterocycles. The van der Waals surface area contributed by atoms with Crippen LogP contribution in [0.3, 0.4) is 0 Å². The molecule has 82 valence electrons. The second-order valence-electron chi connectivity index (χ2n) is 3.37. The average molecular weight is 208 g/mol. The molecule has 0 aliphatic carbocycles. The van der Waals surface area contributed by atoms with E-state index in [-0.39, 0.29) is 5.91 Å². The van der Waals surface area contributed by atoms with Crippen LogP contribution in [-0.2, 0) is 4.79 Å². The van der Waals surface area contributed by atoms with Gasteiger partial charge in [0.25, 0.3) is 0 Å². The Kier molecular flexibility index (Phi) is 4.05. The van der Waals surface area contributed by atoms with Gasteiger partial charge in [-0.25, -0.2) is 0 Å². The Morgan fingerprint density at radius 3 is 2.93 bits per heavy atom. The number of nitrogens with two attached hydrogens (primary N) is 1. The van der Waals surface area contributed by atoms with Crippen LogP contribution in [0, 0.1) is 0 Å². The minimum atomic E-state index is -0.0893. The summed E-state index contributed by atoms with van der Waals surface area (Å²) in [5.74, 6) is -0.0893. The number of anilines is 2. The Morgan fingerprint density at radius 2 is 2.33 bits per heavy atom. The van der Waals surface area contributed by atoms with Crippen LogP contribution in [0.4, 0.5) is 11.4 Å². The highest BCUT2D eigenvalue weighted by Crippen LogP contribution is 2.21. The lowest BCUT2D eigenvalue weighted by Crippen LogP contribution is -2.19. The van der Waals surface area contributed by atoms with E-state index in [2.05, 4.69) is 10.3 Å². The Labute approximate surface area is 89.3 Å². The van der Waals surface area contributed by atoms with E-state index in [1.165, 1.54) is 0 Å². The normalized spacial score (nSPS) is 9.80. The largest absolute Gasteiger partial charge is 0.376 e.